The van der Waals surface area contributed by atoms with Crippen molar-refractivity contribution in [1.82, 2.24) is 9.97 Å². The minimum atomic E-state index is -3.80. The number of rotatable bonds is 9. The Morgan fingerprint density at radius 3 is 2.49 bits per heavy atom. The van der Waals surface area contributed by atoms with Crippen molar-refractivity contribution in [3.63, 3.8) is 0 Å². The summed E-state index contributed by atoms with van der Waals surface area (Å²) in [5, 5.41) is 16.2. The summed E-state index contributed by atoms with van der Waals surface area (Å²) in [6.07, 6.45) is 8.04. The Bertz CT molecular complexity index is 1540. The molecule has 0 aliphatic carbocycles. The highest BCUT2D eigenvalue weighted by molar-refractivity contribution is 7.89. The summed E-state index contributed by atoms with van der Waals surface area (Å²) in [6, 6.07) is 17.7. The van der Waals surface area contributed by atoms with Crippen molar-refractivity contribution in [3.8, 4) is 22.6 Å². The number of nitrogens with zero attached hydrogens (tertiary/aromatic N) is 2. The lowest BCUT2D eigenvalue weighted by Crippen LogP contribution is -2.33. The maximum Gasteiger partial charge on any atom is 0.238 e. The van der Waals surface area contributed by atoms with Gasteiger partial charge in [-0.15, -0.1) is 0 Å². The van der Waals surface area contributed by atoms with E-state index in [2.05, 4.69) is 9.97 Å². The smallest absolute Gasteiger partial charge is 0.238 e. The van der Waals surface area contributed by atoms with Gasteiger partial charge in [0.25, 0.3) is 0 Å². The SMILES string of the molecule is NS(=O)(=O)c1ccc(-c2oc(C=CCOCc3cncc(C4(O)CCOCC4)c3)nc2-c2ccccc2)cc1. The third-order valence-corrected chi connectivity index (χ3v) is 7.46. The average molecular weight is 548 g/mol. The lowest BCUT2D eigenvalue weighted by Gasteiger charge is -2.32. The van der Waals surface area contributed by atoms with Crippen molar-refractivity contribution in [2.45, 2.75) is 29.9 Å². The van der Waals surface area contributed by atoms with Gasteiger partial charge < -0.3 is 19.0 Å². The number of ether oxygens (including phenoxy) is 2. The zero-order valence-electron chi connectivity index (χ0n) is 21.2. The molecule has 5 rings (SSSR count). The largest absolute Gasteiger partial charge is 0.436 e. The van der Waals surface area contributed by atoms with Crippen molar-refractivity contribution in [1.29, 1.82) is 0 Å². The molecule has 2 aromatic heterocycles. The maximum absolute atomic E-state index is 11.6. The van der Waals surface area contributed by atoms with E-state index >= 15 is 0 Å². The molecule has 4 aromatic rings. The molecule has 39 heavy (non-hydrogen) atoms. The number of aliphatic hydroxyl groups is 1. The molecule has 0 atom stereocenters. The molecule has 1 saturated heterocycles. The van der Waals surface area contributed by atoms with Gasteiger partial charge in [0.2, 0.25) is 15.9 Å². The summed E-state index contributed by atoms with van der Waals surface area (Å²) in [7, 11) is -3.80. The van der Waals surface area contributed by atoms with Crippen LogP contribution in [0.5, 0.6) is 0 Å². The Hall–Kier alpha value is -3.67. The van der Waals surface area contributed by atoms with E-state index in [1.807, 2.05) is 36.4 Å². The molecule has 3 N–H and O–H groups in total. The fourth-order valence-corrected chi connectivity index (χ4v) is 4.92. The van der Waals surface area contributed by atoms with Crippen LogP contribution in [0.25, 0.3) is 28.7 Å². The van der Waals surface area contributed by atoms with Crippen molar-refractivity contribution in [2.75, 3.05) is 19.8 Å². The second kappa shape index (κ2) is 11.6. The number of hydrogen-bond donors (Lipinski definition) is 2. The van der Waals surface area contributed by atoms with Gasteiger partial charge in [-0.1, -0.05) is 36.4 Å². The minimum absolute atomic E-state index is 0.0203. The zero-order chi connectivity index (χ0) is 27.3. The van der Waals surface area contributed by atoms with E-state index < -0.39 is 15.6 Å². The van der Waals surface area contributed by atoms with E-state index in [-0.39, 0.29) is 4.90 Å². The van der Waals surface area contributed by atoms with Crippen molar-refractivity contribution in [2.24, 2.45) is 5.14 Å². The minimum Gasteiger partial charge on any atom is -0.436 e. The van der Waals surface area contributed by atoms with Gasteiger partial charge in [-0.25, -0.2) is 18.5 Å². The molecule has 1 fully saturated rings. The van der Waals surface area contributed by atoms with Gasteiger partial charge in [-0.05, 0) is 42.0 Å². The molecule has 0 radical (unpaired) electrons. The molecule has 10 heteroatoms. The summed E-state index contributed by atoms with van der Waals surface area (Å²) in [5.41, 5.74) is 2.89. The van der Waals surface area contributed by atoms with Crippen LogP contribution in [-0.2, 0) is 31.7 Å². The molecule has 202 valence electrons. The second-order valence-corrected chi connectivity index (χ2v) is 10.9. The number of benzene rings is 2. The monoisotopic (exact) mass is 547 g/mol. The van der Waals surface area contributed by atoms with Gasteiger partial charge in [0.1, 0.15) is 5.69 Å². The molecule has 0 amide bonds. The van der Waals surface area contributed by atoms with Gasteiger partial charge in [0.05, 0.1) is 23.7 Å². The Morgan fingerprint density at radius 1 is 1.03 bits per heavy atom. The first-order chi connectivity index (χ1) is 18.8. The number of pyridine rings is 1. The standard InChI is InChI=1S/C29H29N3O6S/c30-39(34,35)25-10-8-23(9-11-25)28-27(22-5-2-1-3-6-22)32-26(38-28)7-4-14-37-20-21-17-24(19-31-18-21)29(33)12-15-36-16-13-29/h1-11,17-19,33H,12-16,20H2,(H2,30,34,35). The van der Waals surface area contributed by atoms with E-state index in [1.54, 1.807) is 36.7 Å². The molecule has 1 aliphatic rings. The summed E-state index contributed by atoms with van der Waals surface area (Å²) in [4.78, 5) is 8.95. The van der Waals surface area contributed by atoms with Crippen LogP contribution in [0.3, 0.4) is 0 Å². The average Bonchev–Trinajstić information content (AvgIpc) is 3.38. The topological polar surface area (TPSA) is 138 Å². The highest BCUT2D eigenvalue weighted by Gasteiger charge is 2.32. The first-order valence-corrected chi connectivity index (χ1v) is 14.0. The van der Waals surface area contributed by atoms with E-state index in [1.165, 1.54) is 12.1 Å². The first kappa shape index (κ1) is 26.9. The van der Waals surface area contributed by atoms with Crippen LogP contribution in [0.2, 0.25) is 0 Å². The molecule has 3 heterocycles. The van der Waals surface area contributed by atoms with Crippen molar-refractivity contribution >= 4 is 16.1 Å². The van der Waals surface area contributed by atoms with Crippen LogP contribution in [0.15, 0.2) is 88.4 Å². The Kier molecular flexibility index (Phi) is 8.01. The number of hydrogen-bond acceptors (Lipinski definition) is 8. The van der Waals surface area contributed by atoms with Crippen molar-refractivity contribution < 1.29 is 27.4 Å². The lowest BCUT2D eigenvalue weighted by molar-refractivity contribution is -0.0681. The highest BCUT2D eigenvalue weighted by Crippen LogP contribution is 2.34. The molecular formula is C29H29N3O6S. The lowest BCUT2D eigenvalue weighted by atomic mass is 9.87. The first-order valence-electron chi connectivity index (χ1n) is 12.5. The number of nitrogens with two attached hydrogens (primary N) is 1. The molecule has 0 unspecified atom stereocenters. The zero-order valence-corrected chi connectivity index (χ0v) is 22.0. The molecule has 0 bridgehead atoms. The third-order valence-electron chi connectivity index (χ3n) is 6.53. The normalized spacial score (nSPS) is 15.5. The van der Waals surface area contributed by atoms with Crippen LogP contribution in [0, 0.1) is 0 Å². The van der Waals surface area contributed by atoms with E-state index in [0.717, 1.165) is 16.7 Å². The van der Waals surface area contributed by atoms with Crippen LogP contribution in [0.4, 0.5) is 0 Å². The van der Waals surface area contributed by atoms with E-state index in [0.29, 0.717) is 62.2 Å². The van der Waals surface area contributed by atoms with Crippen LogP contribution >= 0.6 is 0 Å². The quantitative estimate of drug-likeness (QED) is 0.296. The predicted octanol–water partition coefficient (Wildman–Crippen LogP) is 4.28. The summed E-state index contributed by atoms with van der Waals surface area (Å²) >= 11 is 0. The molecular weight excluding hydrogens is 518 g/mol. The van der Waals surface area contributed by atoms with Gasteiger partial charge >= 0.3 is 0 Å². The van der Waals surface area contributed by atoms with Gasteiger partial charge in [0, 0.05) is 55.1 Å². The number of sulfonamides is 1. The fourth-order valence-electron chi connectivity index (χ4n) is 4.40. The number of aromatic nitrogens is 2. The fraction of sp³-hybridized carbons (Fsp3) is 0.241. The van der Waals surface area contributed by atoms with Crippen molar-refractivity contribution in [3.05, 3.63) is 96.2 Å². The Balaban J connectivity index is 1.28. The summed E-state index contributed by atoms with van der Waals surface area (Å²) in [5.74, 6) is 0.894. The molecule has 0 spiro atoms. The molecule has 2 aromatic carbocycles. The van der Waals surface area contributed by atoms with Crippen LogP contribution in [-0.4, -0.2) is 43.3 Å². The summed E-state index contributed by atoms with van der Waals surface area (Å²) < 4.78 is 40.5. The van der Waals surface area contributed by atoms with E-state index in [9.17, 15) is 13.5 Å². The van der Waals surface area contributed by atoms with Crippen LogP contribution < -0.4 is 5.14 Å². The third kappa shape index (κ3) is 6.49. The second-order valence-electron chi connectivity index (χ2n) is 9.31. The molecule has 0 saturated carbocycles. The van der Waals surface area contributed by atoms with Gasteiger partial charge in [0.15, 0.2) is 5.76 Å². The molecule has 9 nitrogen and oxygen atoms in total. The summed E-state index contributed by atoms with van der Waals surface area (Å²) in [6.45, 7) is 1.69. The van der Waals surface area contributed by atoms with Gasteiger partial charge in [-0.3, -0.25) is 4.98 Å². The van der Waals surface area contributed by atoms with Gasteiger partial charge in [-0.2, -0.15) is 0 Å². The Morgan fingerprint density at radius 2 is 1.77 bits per heavy atom. The van der Waals surface area contributed by atoms with E-state index in [4.69, 9.17) is 19.0 Å². The number of primary sulfonamides is 1. The number of oxazole rings is 1. The maximum atomic E-state index is 11.6. The Labute approximate surface area is 227 Å². The predicted molar refractivity (Wildman–Crippen MR) is 146 cm³/mol. The van der Waals surface area contributed by atoms with Crippen LogP contribution in [0.1, 0.15) is 29.9 Å². The highest BCUT2D eigenvalue weighted by atomic mass is 32.2. The molecule has 1 aliphatic heterocycles.